The lowest BCUT2D eigenvalue weighted by atomic mass is 9.98. The first kappa shape index (κ1) is 15.3. The molecule has 0 aromatic carbocycles. The largest absolute Gasteiger partial charge is 0.543 e. The minimum absolute atomic E-state index is 0.0509. The van der Waals surface area contributed by atoms with E-state index in [0.717, 1.165) is 11.3 Å². The Kier molecular flexibility index (Phi) is 4.03. The molecule has 0 unspecified atom stereocenters. The highest BCUT2D eigenvalue weighted by Crippen LogP contribution is 2.39. The van der Waals surface area contributed by atoms with E-state index in [1.165, 1.54) is 0 Å². The number of carbonyl (C=O) groups excluding carboxylic acids is 1. The van der Waals surface area contributed by atoms with Gasteiger partial charge in [0, 0.05) is 11.1 Å². The second kappa shape index (κ2) is 4.74. The average Bonchev–Trinajstić information content (AvgIpc) is 2.21. The van der Waals surface area contributed by atoms with Crippen LogP contribution in [0.3, 0.4) is 0 Å². The molecule has 1 aliphatic carbocycles. The number of hydrogen-bond acceptors (Lipinski definition) is 3. The van der Waals surface area contributed by atoms with E-state index in [2.05, 4.69) is 33.9 Å². The lowest BCUT2D eigenvalue weighted by Crippen LogP contribution is -2.41. The van der Waals surface area contributed by atoms with Gasteiger partial charge >= 0.3 is 0 Å². The van der Waals surface area contributed by atoms with E-state index in [4.69, 9.17) is 16.6 Å². The van der Waals surface area contributed by atoms with Gasteiger partial charge in [0.25, 0.3) is 0 Å². The summed E-state index contributed by atoms with van der Waals surface area (Å²) in [5, 5.41) is 0.130. The van der Waals surface area contributed by atoms with Gasteiger partial charge in [0.05, 0.1) is 4.86 Å². The van der Waals surface area contributed by atoms with Gasteiger partial charge in [-0.1, -0.05) is 33.0 Å². The first-order valence-electron chi connectivity index (χ1n) is 6.14. The Bertz CT molecular complexity index is 461. The van der Waals surface area contributed by atoms with Gasteiger partial charge in [-0.15, -0.1) is 0 Å². The normalized spacial score (nSPS) is 18.1. The molecule has 0 bridgehead atoms. The molecule has 0 radical (unpaired) electrons. The van der Waals surface area contributed by atoms with Crippen LogP contribution in [0.25, 0.3) is 0 Å². The molecule has 18 heavy (non-hydrogen) atoms. The third-order valence-electron chi connectivity index (χ3n) is 3.79. The average molecular weight is 282 g/mol. The van der Waals surface area contributed by atoms with Crippen molar-refractivity contribution in [1.82, 2.24) is 0 Å². The van der Waals surface area contributed by atoms with Crippen LogP contribution in [-0.4, -0.2) is 19.0 Å². The van der Waals surface area contributed by atoms with E-state index in [0.29, 0.717) is 10.4 Å². The molecular formula is C14H22O2SSi. The number of thiocarbonyl (C=S) groups is 1. The number of hydrogen-bond donors (Lipinski definition) is 0. The maximum absolute atomic E-state index is 11.8. The van der Waals surface area contributed by atoms with Crippen LogP contribution in [0.5, 0.6) is 0 Å². The summed E-state index contributed by atoms with van der Waals surface area (Å²) in [6.07, 6.45) is 1.83. The maximum atomic E-state index is 11.8. The van der Waals surface area contributed by atoms with Crippen molar-refractivity contribution in [3.05, 3.63) is 23.0 Å². The monoisotopic (exact) mass is 282 g/mol. The highest BCUT2D eigenvalue weighted by atomic mass is 32.1. The molecule has 0 atom stereocenters. The van der Waals surface area contributed by atoms with Crippen LogP contribution in [0.2, 0.25) is 18.1 Å². The van der Waals surface area contributed by atoms with Crippen molar-refractivity contribution in [1.29, 1.82) is 0 Å². The predicted octanol–water partition coefficient (Wildman–Crippen LogP) is 4.18. The van der Waals surface area contributed by atoms with Crippen LogP contribution < -0.4 is 0 Å². The Balaban J connectivity index is 3.13. The number of allylic oxidation sites excluding steroid dienone is 3. The molecular weight excluding hydrogens is 260 g/mol. The summed E-state index contributed by atoms with van der Waals surface area (Å²) in [5.41, 5.74) is 1.46. The van der Waals surface area contributed by atoms with Crippen LogP contribution in [-0.2, 0) is 9.22 Å². The molecule has 0 aliphatic heterocycles. The third-order valence-corrected chi connectivity index (χ3v) is 8.63. The van der Waals surface area contributed by atoms with Crippen LogP contribution in [0.1, 0.15) is 34.6 Å². The molecule has 100 valence electrons. The first-order chi connectivity index (χ1) is 7.97. The minimum atomic E-state index is -1.89. The molecule has 0 fully saturated rings. The molecule has 0 N–H and O–H groups in total. The lowest BCUT2D eigenvalue weighted by Gasteiger charge is -2.37. The Morgan fingerprint density at radius 1 is 1.22 bits per heavy atom. The minimum Gasteiger partial charge on any atom is -0.543 e. The van der Waals surface area contributed by atoms with Crippen molar-refractivity contribution in [3.8, 4) is 0 Å². The zero-order valence-corrected chi connectivity index (χ0v) is 14.1. The fraction of sp³-hybridized carbons (Fsp3) is 0.571. The molecule has 0 saturated heterocycles. The highest BCUT2D eigenvalue weighted by Gasteiger charge is 2.40. The Hall–Kier alpha value is -0.743. The topological polar surface area (TPSA) is 26.3 Å². The second-order valence-corrected chi connectivity index (χ2v) is 11.5. The Morgan fingerprint density at radius 2 is 1.72 bits per heavy atom. The fourth-order valence-corrected chi connectivity index (χ4v) is 2.70. The number of Topliss-reactive ketones (excluding diaryl/α,β-unsaturated/α-hetero) is 1. The summed E-state index contributed by atoms with van der Waals surface area (Å²) in [6, 6.07) is 0. The van der Waals surface area contributed by atoms with Crippen molar-refractivity contribution in [2.75, 3.05) is 0 Å². The molecule has 0 aromatic heterocycles. The van der Waals surface area contributed by atoms with E-state index < -0.39 is 8.32 Å². The number of ketones is 1. The van der Waals surface area contributed by atoms with Crippen molar-refractivity contribution in [3.63, 3.8) is 0 Å². The first-order valence-corrected chi connectivity index (χ1v) is 9.46. The van der Waals surface area contributed by atoms with Gasteiger partial charge in [-0.05, 0) is 38.1 Å². The molecule has 4 heteroatoms. The van der Waals surface area contributed by atoms with Crippen LogP contribution in [0, 0.1) is 0 Å². The van der Waals surface area contributed by atoms with Gasteiger partial charge in [-0.2, -0.15) is 0 Å². The second-order valence-electron chi connectivity index (χ2n) is 6.34. The van der Waals surface area contributed by atoms with Gasteiger partial charge in [0.2, 0.25) is 8.32 Å². The SMILES string of the molecule is CC1=CC(O[Si](C)(C)C(C)(C)C)=C(C)C(=S)C1=O. The summed E-state index contributed by atoms with van der Waals surface area (Å²) < 4.78 is 6.25. The zero-order chi connectivity index (χ0) is 14.3. The summed E-state index contributed by atoms with van der Waals surface area (Å²) in [7, 11) is -1.89. The summed E-state index contributed by atoms with van der Waals surface area (Å²) in [5.74, 6) is 0.730. The maximum Gasteiger partial charge on any atom is 0.250 e. The fourth-order valence-electron chi connectivity index (χ4n) is 1.37. The van der Waals surface area contributed by atoms with E-state index in [9.17, 15) is 4.79 Å². The number of carbonyl (C=O) groups is 1. The van der Waals surface area contributed by atoms with Crippen LogP contribution in [0.15, 0.2) is 23.0 Å². The van der Waals surface area contributed by atoms with Crippen molar-refractivity contribution >= 4 is 31.2 Å². The van der Waals surface area contributed by atoms with Gasteiger partial charge in [0.15, 0.2) is 5.78 Å². The molecule has 0 saturated carbocycles. The standard InChI is InChI=1S/C14H22O2SSi/c1-9-8-11(10(2)13(17)12(9)15)16-18(6,7)14(3,4)5/h8H,1-7H3. The zero-order valence-electron chi connectivity index (χ0n) is 12.3. The summed E-state index contributed by atoms with van der Waals surface area (Å²) in [6.45, 7) is 14.6. The lowest BCUT2D eigenvalue weighted by molar-refractivity contribution is -0.109. The van der Waals surface area contributed by atoms with Crippen molar-refractivity contribution in [2.45, 2.75) is 52.8 Å². The van der Waals surface area contributed by atoms with Gasteiger partial charge < -0.3 is 4.43 Å². The summed E-state index contributed by atoms with van der Waals surface area (Å²) >= 11 is 5.17. The third kappa shape index (κ3) is 2.80. The molecule has 0 aromatic rings. The van der Waals surface area contributed by atoms with Crippen molar-refractivity contribution in [2.24, 2.45) is 0 Å². The molecule has 0 spiro atoms. The van der Waals surface area contributed by atoms with E-state index >= 15 is 0 Å². The van der Waals surface area contributed by atoms with E-state index in [-0.39, 0.29) is 10.8 Å². The molecule has 0 amide bonds. The van der Waals surface area contributed by atoms with E-state index in [1.807, 2.05) is 13.0 Å². The number of rotatable bonds is 2. The Morgan fingerprint density at radius 3 is 2.17 bits per heavy atom. The molecule has 0 heterocycles. The molecule has 2 nitrogen and oxygen atoms in total. The molecule has 1 rings (SSSR count). The van der Waals surface area contributed by atoms with Gasteiger partial charge in [0.1, 0.15) is 5.76 Å². The van der Waals surface area contributed by atoms with Crippen molar-refractivity contribution < 1.29 is 9.22 Å². The Labute approximate surface area is 116 Å². The molecule has 1 aliphatic rings. The summed E-state index contributed by atoms with van der Waals surface area (Å²) in [4.78, 5) is 12.1. The quantitative estimate of drug-likeness (QED) is 0.561. The van der Waals surface area contributed by atoms with Gasteiger partial charge in [-0.3, -0.25) is 4.79 Å². The predicted molar refractivity (Wildman–Crippen MR) is 82.3 cm³/mol. The highest BCUT2D eigenvalue weighted by molar-refractivity contribution is 7.82. The van der Waals surface area contributed by atoms with Crippen LogP contribution >= 0.6 is 12.2 Å². The van der Waals surface area contributed by atoms with Crippen LogP contribution in [0.4, 0.5) is 0 Å². The smallest absolute Gasteiger partial charge is 0.250 e. The van der Waals surface area contributed by atoms with E-state index in [1.54, 1.807) is 6.92 Å². The van der Waals surface area contributed by atoms with Gasteiger partial charge in [-0.25, -0.2) is 0 Å².